The summed E-state index contributed by atoms with van der Waals surface area (Å²) in [5, 5.41) is 14.0. The molecule has 0 fully saturated rings. The van der Waals surface area contributed by atoms with E-state index in [9.17, 15) is 13.9 Å². The minimum absolute atomic E-state index is 0.00159. The lowest BCUT2D eigenvalue weighted by atomic mass is 10.1. The number of hydrogen-bond donors (Lipinski definition) is 2. The van der Waals surface area contributed by atoms with Crippen molar-refractivity contribution in [2.24, 2.45) is 7.05 Å². The van der Waals surface area contributed by atoms with Crippen molar-refractivity contribution in [3.63, 3.8) is 0 Å². The number of nitrogen functional groups attached to an aromatic ring is 1. The van der Waals surface area contributed by atoms with Crippen LogP contribution in [0.15, 0.2) is 29.3 Å². The average Bonchev–Trinajstić information content (AvgIpc) is 3.03. The number of rotatable bonds is 0. The van der Waals surface area contributed by atoms with E-state index in [1.807, 2.05) is 0 Å². The molecule has 0 saturated heterocycles. The van der Waals surface area contributed by atoms with E-state index in [-0.39, 0.29) is 34.4 Å². The summed E-state index contributed by atoms with van der Waals surface area (Å²) in [5.74, 6) is -0.583. The molecule has 1 aromatic carbocycles. The van der Waals surface area contributed by atoms with Gasteiger partial charge in [-0.25, -0.2) is 27.7 Å². The molecule has 2 aromatic heterocycles. The monoisotopic (exact) mass is 442 g/mol. The Hall–Kier alpha value is -3.56. The highest BCUT2D eigenvalue weighted by Gasteiger charge is 2.29. The second kappa shape index (κ2) is 7.29. The number of hydrogen-bond acceptors (Lipinski definition) is 8. The Morgan fingerprint density at radius 2 is 2.16 bits per heavy atom. The van der Waals surface area contributed by atoms with Gasteiger partial charge in [0.25, 0.3) is 5.88 Å². The summed E-state index contributed by atoms with van der Waals surface area (Å²) >= 11 is 0. The first-order chi connectivity index (χ1) is 14.6. The van der Waals surface area contributed by atoms with Gasteiger partial charge in [-0.15, -0.1) is 0 Å². The van der Waals surface area contributed by atoms with Crippen molar-refractivity contribution in [3.8, 4) is 23.2 Å². The predicted molar refractivity (Wildman–Crippen MR) is 109 cm³/mol. The summed E-state index contributed by atoms with van der Waals surface area (Å²) in [7, 11) is -0.449. The highest BCUT2D eigenvalue weighted by atomic mass is 32.2. The van der Waals surface area contributed by atoms with E-state index < -0.39 is 21.8 Å². The first-order valence-corrected chi connectivity index (χ1v) is 10.7. The van der Waals surface area contributed by atoms with Crippen molar-refractivity contribution in [1.29, 1.82) is 10.0 Å². The normalized spacial score (nSPS) is 21.1. The van der Waals surface area contributed by atoms with Crippen LogP contribution in [0.5, 0.6) is 5.88 Å². The molecule has 0 amide bonds. The topological polar surface area (TPSA) is 147 Å². The number of nitrogens with two attached hydrogens (primary N) is 1. The predicted octanol–water partition coefficient (Wildman–Crippen LogP) is 2.38. The standard InChI is InChI=1S/C19H19FN8O2S/c1-10-12-6-11(20)4-5-16(12)31(23,29)27(2)9-14-17(15(7-21)28(3)26-14)13-8-24-18(22)19(25-13)30-10/h4-6,8,10,23H,9H2,1-3H3,(H2,22,24)/t10-,31?/m1/s1. The van der Waals surface area contributed by atoms with Crippen LogP contribution in [-0.2, 0) is 23.5 Å². The Balaban J connectivity index is 2.03. The Labute approximate surface area is 178 Å². The molecule has 1 aliphatic heterocycles. The van der Waals surface area contributed by atoms with E-state index in [0.717, 1.165) is 6.07 Å². The molecule has 2 bridgehead atoms. The van der Waals surface area contributed by atoms with E-state index >= 15 is 0 Å². The van der Waals surface area contributed by atoms with Crippen LogP contribution in [0.3, 0.4) is 0 Å². The van der Waals surface area contributed by atoms with E-state index in [4.69, 9.17) is 15.3 Å². The zero-order valence-electron chi connectivity index (χ0n) is 17.0. The van der Waals surface area contributed by atoms with E-state index in [1.54, 1.807) is 14.0 Å². The fraction of sp³-hybridized carbons (Fsp3) is 0.263. The number of nitrogens with zero attached hydrogens (tertiary/aromatic N) is 6. The van der Waals surface area contributed by atoms with Crippen LogP contribution in [0.4, 0.5) is 10.2 Å². The van der Waals surface area contributed by atoms with Gasteiger partial charge in [0.1, 0.15) is 33.6 Å². The molecule has 1 unspecified atom stereocenters. The van der Waals surface area contributed by atoms with Crippen LogP contribution in [-0.4, -0.2) is 35.3 Å². The lowest BCUT2D eigenvalue weighted by molar-refractivity contribution is 0.214. The molecule has 2 atom stereocenters. The van der Waals surface area contributed by atoms with Gasteiger partial charge in [0, 0.05) is 19.7 Å². The second-order valence-corrected chi connectivity index (χ2v) is 9.22. The maximum absolute atomic E-state index is 14.0. The number of nitriles is 1. The molecule has 12 heteroatoms. The highest BCUT2D eigenvalue weighted by Crippen LogP contribution is 2.35. The third-order valence-electron chi connectivity index (χ3n) is 5.06. The first-order valence-electron chi connectivity index (χ1n) is 9.18. The summed E-state index contributed by atoms with van der Waals surface area (Å²) in [6.07, 6.45) is 0.561. The number of fused-ring (bicyclic) bond motifs is 5. The average molecular weight is 442 g/mol. The Morgan fingerprint density at radius 1 is 1.42 bits per heavy atom. The summed E-state index contributed by atoms with van der Waals surface area (Å²) < 4.78 is 44.8. The second-order valence-electron chi connectivity index (χ2n) is 7.11. The minimum atomic E-state index is -3.55. The zero-order chi connectivity index (χ0) is 22.5. The van der Waals surface area contributed by atoms with E-state index in [2.05, 4.69) is 21.1 Å². The van der Waals surface area contributed by atoms with Crippen molar-refractivity contribution in [2.75, 3.05) is 12.8 Å². The highest BCUT2D eigenvalue weighted by molar-refractivity contribution is 7.90. The van der Waals surface area contributed by atoms with Crippen LogP contribution in [0.1, 0.15) is 30.0 Å². The van der Waals surface area contributed by atoms with Gasteiger partial charge in [-0.1, -0.05) is 0 Å². The maximum atomic E-state index is 14.0. The van der Waals surface area contributed by atoms with Gasteiger partial charge in [0.05, 0.1) is 34.6 Å². The molecule has 0 radical (unpaired) electrons. The summed E-state index contributed by atoms with van der Waals surface area (Å²) in [6, 6.07) is 5.73. The quantitative estimate of drug-likeness (QED) is 0.543. The number of benzene rings is 1. The van der Waals surface area contributed by atoms with Crippen LogP contribution in [0, 0.1) is 21.9 Å². The number of aryl methyl sites for hydroxylation is 1. The number of nitrogens with one attached hydrogen (secondary N) is 1. The fourth-order valence-electron chi connectivity index (χ4n) is 3.47. The van der Waals surface area contributed by atoms with Crippen LogP contribution in [0.2, 0.25) is 0 Å². The molecular weight excluding hydrogens is 423 g/mol. The molecule has 0 aliphatic carbocycles. The first kappa shape index (κ1) is 20.7. The molecule has 31 heavy (non-hydrogen) atoms. The maximum Gasteiger partial charge on any atom is 0.258 e. The van der Waals surface area contributed by atoms with Crippen LogP contribution >= 0.6 is 0 Å². The molecule has 0 spiro atoms. The molecule has 1 aliphatic rings. The van der Waals surface area contributed by atoms with Crippen LogP contribution < -0.4 is 10.5 Å². The molecule has 0 saturated carbocycles. The van der Waals surface area contributed by atoms with Crippen molar-refractivity contribution in [3.05, 3.63) is 47.2 Å². The van der Waals surface area contributed by atoms with Gasteiger partial charge in [0.2, 0.25) is 0 Å². The molecule has 10 nitrogen and oxygen atoms in total. The molecule has 3 aromatic rings. The number of aromatic nitrogens is 4. The molecule has 3 N–H and O–H groups in total. The van der Waals surface area contributed by atoms with E-state index in [1.165, 1.54) is 34.4 Å². The fourth-order valence-corrected chi connectivity index (χ4v) is 4.90. The minimum Gasteiger partial charge on any atom is -0.467 e. The molecular formula is C19H19FN8O2S. The van der Waals surface area contributed by atoms with Gasteiger partial charge >= 0.3 is 0 Å². The number of halogens is 1. The van der Waals surface area contributed by atoms with Crippen molar-refractivity contribution in [2.45, 2.75) is 24.5 Å². The van der Waals surface area contributed by atoms with Crippen molar-refractivity contribution in [1.82, 2.24) is 24.1 Å². The van der Waals surface area contributed by atoms with Gasteiger partial charge in [0.15, 0.2) is 5.82 Å². The van der Waals surface area contributed by atoms with Gasteiger partial charge in [-0.3, -0.25) is 4.68 Å². The zero-order valence-corrected chi connectivity index (χ0v) is 17.8. The molecule has 4 rings (SSSR count). The lowest BCUT2D eigenvalue weighted by Crippen LogP contribution is -2.28. The Morgan fingerprint density at radius 3 is 2.87 bits per heavy atom. The lowest BCUT2D eigenvalue weighted by Gasteiger charge is -2.25. The number of ether oxygens (including phenoxy) is 1. The Bertz CT molecular complexity index is 1350. The summed E-state index contributed by atoms with van der Waals surface area (Å²) in [4.78, 5) is 8.66. The van der Waals surface area contributed by atoms with Crippen molar-refractivity contribution < 1.29 is 13.3 Å². The van der Waals surface area contributed by atoms with Gasteiger partial charge in [-0.2, -0.15) is 10.4 Å². The third-order valence-corrected chi connectivity index (χ3v) is 7.03. The van der Waals surface area contributed by atoms with Gasteiger partial charge in [-0.05, 0) is 25.1 Å². The summed E-state index contributed by atoms with van der Waals surface area (Å²) in [6.45, 7) is 1.59. The number of anilines is 1. The largest absolute Gasteiger partial charge is 0.467 e. The molecule has 3 heterocycles. The Kier molecular flexibility index (Phi) is 4.87. The SMILES string of the molecule is C[C@H]1Oc2nc(cnc2N)-c2c(nn(C)c2C#N)CN(C)S(=N)(=O)c2ccc(F)cc21. The van der Waals surface area contributed by atoms with Crippen molar-refractivity contribution >= 4 is 15.7 Å². The van der Waals surface area contributed by atoms with Gasteiger partial charge < -0.3 is 10.5 Å². The third kappa shape index (κ3) is 3.37. The van der Waals surface area contributed by atoms with E-state index in [0.29, 0.717) is 17.0 Å². The molecule has 160 valence electrons. The smallest absolute Gasteiger partial charge is 0.258 e. The summed E-state index contributed by atoms with van der Waals surface area (Å²) in [5.41, 5.74) is 7.45. The van der Waals surface area contributed by atoms with Crippen LogP contribution in [0.25, 0.3) is 11.3 Å².